The average Bonchev–Trinajstić information content (AvgIpc) is 2.51. The monoisotopic (exact) mass is 339 g/mol. The quantitative estimate of drug-likeness (QED) is 0.713. The van der Waals surface area contributed by atoms with Crippen LogP contribution in [0.5, 0.6) is 5.75 Å². The van der Waals surface area contributed by atoms with Crippen LogP contribution in [0.1, 0.15) is 17.5 Å². The van der Waals surface area contributed by atoms with Crippen LogP contribution in [0.4, 0.5) is 0 Å². The Morgan fingerprint density at radius 3 is 2.73 bits per heavy atom. The minimum atomic E-state index is 0.206. The Hall–Kier alpha value is -1.26. The van der Waals surface area contributed by atoms with Crippen LogP contribution in [0.2, 0.25) is 10.0 Å². The van der Waals surface area contributed by atoms with Gasteiger partial charge in [0, 0.05) is 28.8 Å². The maximum atomic E-state index is 8.75. The van der Waals surface area contributed by atoms with Crippen molar-refractivity contribution in [3.63, 3.8) is 0 Å². The second kappa shape index (κ2) is 9.01. The van der Waals surface area contributed by atoms with Crippen LogP contribution in [-0.2, 0) is 13.2 Å². The predicted octanol–water partition coefficient (Wildman–Crippen LogP) is 4.04. The maximum absolute atomic E-state index is 8.75. The van der Waals surface area contributed by atoms with E-state index in [0.29, 0.717) is 16.7 Å². The molecule has 0 aliphatic heterocycles. The number of nitrogens with one attached hydrogen (secondary N) is 1. The molecular formula is C17H19Cl2NO2. The summed E-state index contributed by atoms with van der Waals surface area (Å²) in [5, 5.41) is 13.2. The first-order valence-electron chi connectivity index (χ1n) is 7.16. The summed E-state index contributed by atoms with van der Waals surface area (Å²) in [6.07, 6.45) is 0.755. The van der Waals surface area contributed by atoms with Gasteiger partial charge in [-0.25, -0.2) is 0 Å². The van der Waals surface area contributed by atoms with Crippen molar-refractivity contribution in [1.82, 2.24) is 5.32 Å². The Balaban J connectivity index is 1.89. The molecule has 0 aliphatic carbocycles. The van der Waals surface area contributed by atoms with E-state index in [-0.39, 0.29) is 6.61 Å². The fourth-order valence-corrected chi connectivity index (χ4v) is 2.44. The molecule has 0 aromatic heterocycles. The number of aliphatic hydroxyl groups excluding tert-OH is 1. The molecule has 0 fully saturated rings. The van der Waals surface area contributed by atoms with E-state index in [2.05, 4.69) is 5.32 Å². The van der Waals surface area contributed by atoms with Gasteiger partial charge in [0.25, 0.3) is 0 Å². The van der Waals surface area contributed by atoms with Gasteiger partial charge < -0.3 is 15.2 Å². The van der Waals surface area contributed by atoms with Crippen LogP contribution < -0.4 is 10.1 Å². The van der Waals surface area contributed by atoms with Gasteiger partial charge in [-0.2, -0.15) is 0 Å². The number of benzene rings is 2. The molecule has 0 amide bonds. The lowest BCUT2D eigenvalue weighted by Crippen LogP contribution is -2.15. The molecule has 0 bridgehead atoms. The standard InChI is InChI=1S/C17H19Cl2NO2/c18-15-6-5-14(17(19)10-15)12-22-16-4-1-3-13(9-16)11-20-7-2-8-21/h1,3-6,9-10,20-21H,2,7-8,11-12H2. The highest BCUT2D eigenvalue weighted by atomic mass is 35.5. The third-order valence-corrected chi connectivity index (χ3v) is 3.74. The summed E-state index contributed by atoms with van der Waals surface area (Å²) in [4.78, 5) is 0. The third-order valence-electron chi connectivity index (χ3n) is 3.15. The molecule has 3 nitrogen and oxygen atoms in total. The van der Waals surface area contributed by atoms with Gasteiger partial charge in [-0.3, -0.25) is 0 Å². The number of hydrogen-bond acceptors (Lipinski definition) is 3. The zero-order valence-corrected chi connectivity index (χ0v) is 13.7. The summed E-state index contributed by atoms with van der Waals surface area (Å²) in [6, 6.07) is 13.3. The first-order valence-corrected chi connectivity index (χ1v) is 7.92. The van der Waals surface area contributed by atoms with Crippen molar-refractivity contribution < 1.29 is 9.84 Å². The highest BCUT2D eigenvalue weighted by molar-refractivity contribution is 6.35. The molecule has 0 atom stereocenters. The molecule has 2 N–H and O–H groups in total. The smallest absolute Gasteiger partial charge is 0.120 e. The zero-order chi connectivity index (χ0) is 15.8. The highest BCUT2D eigenvalue weighted by Crippen LogP contribution is 2.23. The predicted molar refractivity (Wildman–Crippen MR) is 90.6 cm³/mol. The largest absolute Gasteiger partial charge is 0.489 e. The van der Waals surface area contributed by atoms with Gasteiger partial charge in [0.2, 0.25) is 0 Å². The lowest BCUT2D eigenvalue weighted by atomic mass is 10.2. The van der Waals surface area contributed by atoms with E-state index in [1.165, 1.54) is 0 Å². The van der Waals surface area contributed by atoms with Crippen molar-refractivity contribution in [3.8, 4) is 5.75 Å². The van der Waals surface area contributed by atoms with Gasteiger partial charge in [-0.1, -0.05) is 41.4 Å². The van der Waals surface area contributed by atoms with Crippen LogP contribution in [0.25, 0.3) is 0 Å². The van der Waals surface area contributed by atoms with Gasteiger partial charge in [-0.05, 0) is 42.8 Å². The molecule has 0 heterocycles. The van der Waals surface area contributed by atoms with Crippen molar-refractivity contribution in [3.05, 3.63) is 63.6 Å². The molecule has 22 heavy (non-hydrogen) atoms. The van der Waals surface area contributed by atoms with Gasteiger partial charge in [0.05, 0.1) is 0 Å². The average molecular weight is 340 g/mol. The second-order valence-corrected chi connectivity index (χ2v) is 5.77. The molecule has 0 spiro atoms. The van der Waals surface area contributed by atoms with Crippen LogP contribution in [0.3, 0.4) is 0 Å². The lowest BCUT2D eigenvalue weighted by molar-refractivity contribution is 0.286. The fraction of sp³-hybridized carbons (Fsp3) is 0.294. The number of ether oxygens (including phenoxy) is 1. The summed E-state index contributed by atoms with van der Waals surface area (Å²) < 4.78 is 5.79. The van der Waals surface area contributed by atoms with E-state index >= 15 is 0 Å². The first kappa shape index (κ1) is 17.1. The summed E-state index contributed by atoms with van der Waals surface area (Å²) in [5.41, 5.74) is 2.04. The van der Waals surface area contributed by atoms with Crippen molar-refractivity contribution in [2.45, 2.75) is 19.6 Å². The summed E-state index contributed by atoms with van der Waals surface area (Å²) in [6.45, 7) is 2.15. The topological polar surface area (TPSA) is 41.5 Å². The molecule has 0 unspecified atom stereocenters. The number of rotatable bonds is 8. The zero-order valence-electron chi connectivity index (χ0n) is 12.2. The molecule has 0 saturated heterocycles. The molecule has 5 heteroatoms. The Bertz CT molecular complexity index is 605. The van der Waals surface area contributed by atoms with Gasteiger partial charge >= 0.3 is 0 Å². The maximum Gasteiger partial charge on any atom is 0.120 e. The molecule has 2 aromatic rings. The second-order valence-electron chi connectivity index (χ2n) is 4.93. The van der Waals surface area contributed by atoms with Crippen molar-refractivity contribution in [1.29, 1.82) is 0 Å². The van der Waals surface area contributed by atoms with Crippen molar-refractivity contribution in [2.75, 3.05) is 13.2 Å². The normalized spacial score (nSPS) is 10.7. The molecular weight excluding hydrogens is 321 g/mol. The van der Waals surface area contributed by atoms with Crippen LogP contribution in [0.15, 0.2) is 42.5 Å². The fourth-order valence-electron chi connectivity index (χ4n) is 1.98. The molecule has 2 rings (SSSR count). The highest BCUT2D eigenvalue weighted by Gasteiger charge is 2.03. The lowest BCUT2D eigenvalue weighted by Gasteiger charge is -2.10. The van der Waals surface area contributed by atoms with Gasteiger partial charge in [0.1, 0.15) is 12.4 Å². The Morgan fingerprint density at radius 2 is 1.95 bits per heavy atom. The number of hydrogen-bond donors (Lipinski definition) is 2. The molecule has 0 radical (unpaired) electrons. The Kier molecular flexibility index (Phi) is 7.00. The van der Waals surface area contributed by atoms with E-state index in [4.69, 9.17) is 33.0 Å². The number of halogens is 2. The van der Waals surface area contributed by atoms with Crippen LogP contribution in [0, 0.1) is 0 Å². The SMILES string of the molecule is OCCCNCc1cccc(OCc2ccc(Cl)cc2Cl)c1. The molecule has 2 aromatic carbocycles. The number of aliphatic hydroxyl groups is 1. The first-order chi connectivity index (χ1) is 10.7. The third kappa shape index (κ3) is 5.50. The van der Waals surface area contributed by atoms with E-state index in [1.807, 2.05) is 30.3 Å². The van der Waals surface area contributed by atoms with Gasteiger partial charge in [-0.15, -0.1) is 0 Å². The molecule has 0 aliphatic rings. The summed E-state index contributed by atoms with van der Waals surface area (Å²) >= 11 is 12.0. The molecule has 118 valence electrons. The van der Waals surface area contributed by atoms with E-state index in [1.54, 1.807) is 12.1 Å². The molecule has 0 saturated carbocycles. The van der Waals surface area contributed by atoms with E-state index in [0.717, 1.165) is 36.4 Å². The summed E-state index contributed by atoms with van der Waals surface area (Å²) in [7, 11) is 0. The van der Waals surface area contributed by atoms with Crippen LogP contribution >= 0.6 is 23.2 Å². The van der Waals surface area contributed by atoms with Crippen LogP contribution in [-0.4, -0.2) is 18.3 Å². The summed E-state index contributed by atoms with van der Waals surface area (Å²) in [5.74, 6) is 0.799. The Morgan fingerprint density at radius 1 is 1.09 bits per heavy atom. The minimum absolute atomic E-state index is 0.206. The van der Waals surface area contributed by atoms with E-state index < -0.39 is 0 Å². The van der Waals surface area contributed by atoms with Crippen molar-refractivity contribution >= 4 is 23.2 Å². The Labute approximate surface area is 140 Å². The minimum Gasteiger partial charge on any atom is -0.489 e. The van der Waals surface area contributed by atoms with Crippen molar-refractivity contribution in [2.24, 2.45) is 0 Å². The van der Waals surface area contributed by atoms with Gasteiger partial charge in [0.15, 0.2) is 0 Å². The van der Waals surface area contributed by atoms with E-state index in [9.17, 15) is 0 Å².